The number of carbonyl (C=O) groups excluding carboxylic acids is 2. The predicted molar refractivity (Wildman–Crippen MR) is 264 cm³/mol. The SMILES string of the molecule is CC/C=C/C=C/C=C\C=C/C=C/CC(CC(=O)NC(CO)C(O)CCCCCCCCCCCCCC)OC(=O)CCCCCCCCCCC/C=C\C/C=C\CCCCC. The Bertz CT molecular complexity index is 1180. The molecule has 0 aliphatic rings. The Morgan fingerprint density at radius 2 is 0.967 bits per heavy atom. The van der Waals surface area contributed by atoms with Crippen LogP contribution in [0.2, 0.25) is 0 Å². The summed E-state index contributed by atoms with van der Waals surface area (Å²) in [5, 5.41) is 23.6. The lowest BCUT2D eigenvalue weighted by atomic mass is 10.0. The second-order valence-electron chi connectivity index (χ2n) is 17.0. The Labute approximate surface area is 376 Å². The van der Waals surface area contributed by atoms with E-state index in [1.807, 2.05) is 54.7 Å². The standard InChI is InChI=1S/C55H95NO5/c1-4-7-10-13-16-19-22-24-25-26-27-28-29-30-33-36-39-42-45-48-55(60)61-51(46-43-40-37-34-31-21-18-15-12-9-6-3)49-54(59)56-52(50-57)53(58)47-44-41-38-35-32-23-20-17-14-11-8-5-2/h9,12,15-16,18-19,21,24-25,31,34,37,40,43,51-53,57-58H,4-8,10-11,13-14,17,20,22-23,26-30,32-33,35-36,38-39,41-42,44-50H2,1-3H3,(H,56,59)/b12-9+,18-15+,19-16-,25-24-,31-21-,37-34-,43-40+. The minimum atomic E-state index is -0.821. The van der Waals surface area contributed by atoms with Gasteiger partial charge in [-0.25, -0.2) is 0 Å². The minimum absolute atomic E-state index is 0.0234. The van der Waals surface area contributed by atoms with Gasteiger partial charge in [-0.3, -0.25) is 9.59 Å². The van der Waals surface area contributed by atoms with Crippen LogP contribution in [0.5, 0.6) is 0 Å². The van der Waals surface area contributed by atoms with Gasteiger partial charge < -0.3 is 20.3 Å². The molecule has 3 N–H and O–H groups in total. The summed E-state index contributed by atoms with van der Waals surface area (Å²) in [7, 11) is 0. The van der Waals surface area contributed by atoms with Crippen LogP contribution in [0.4, 0.5) is 0 Å². The van der Waals surface area contributed by atoms with Crippen LogP contribution in [0, 0.1) is 0 Å². The molecule has 0 aliphatic heterocycles. The molecule has 0 rings (SSSR count). The number of hydrogen-bond acceptors (Lipinski definition) is 5. The van der Waals surface area contributed by atoms with Gasteiger partial charge in [-0.05, 0) is 51.4 Å². The Hall–Kier alpha value is -2.96. The number of allylic oxidation sites excluding steroid dienone is 13. The second kappa shape index (κ2) is 48.1. The molecule has 1 amide bonds. The summed E-state index contributed by atoms with van der Waals surface area (Å²) in [6.07, 6.45) is 62.4. The van der Waals surface area contributed by atoms with Gasteiger partial charge in [0.2, 0.25) is 5.91 Å². The molecule has 0 spiro atoms. The molecular formula is C55H95NO5. The van der Waals surface area contributed by atoms with Crippen molar-refractivity contribution in [3.63, 3.8) is 0 Å². The second-order valence-corrected chi connectivity index (χ2v) is 17.0. The number of unbranched alkanes of at least 4 members (excludes halogenated alkanes) is 23. The number of rotatable bonds is 44. The summed E-state index contributed by atoms with van der Waals surface area (Å²) in [5.74, 6) is -0.616. The van der Waals surface area contributed by atoms with E-state index in [0.29, 0.717) is 19.3 Å². The van der Waals surface area contributed by atoms with Crippen molar-refractivity contribution < 1.29 is 24.5 Å². The number of aliphatic hydroxyl groups excluding tert-OH is 2. The number of ether oxygens (including phenoxy) is 1. The Kier molecular flexibility index (Phi) is 45.7. The summed E-state index contributed by atoms with van der Waals surface area (Å²) in [5.41, 5.74) is 0. The molecule has 0 aromatic heterocycles. The van der Waals surface area contributed by atoms with Gasteiger partial charge in [0.25, 0.3) is 0 Å². The lowest BCUT2D eigenvalue weighted by molar-refractivity contribution is -0.150. The zero-order chi connectivity index (χ0) is 44.5. The van der Waals surface area contributed by atoms with Gasteiger partial charge in [0, 0.05) is 12.8 Å². The van der Waals surface area contributed by atoms with E-state index in [1.165, 1.54) is 128 Å². The van der Waals surface area contributed by atoms with Gasteiger partial charge in [-0.2, -0.15) is 0 Å². The third-order valence-electron chi connectivity index (χ3n) is 11.1. The number of esters is 1. The van der Waals surface area contributed by atoms with Crippen molar-refractivity contribution in [2.24, 2.45) is 0 Å². The number of carbonyl (C=O) groups is 2. The molecular weight excluding hydrogens is 755 g/mol. The fourth-order valence-electron chi connectivity index (χ4n) is 7.25. The van der Waals surface area contributed by atoms with Gasteiger partial charge >= 0.3 is 5.97 Å². The molecule has 0 saturated carbocycles. The van der Waals surface area contributed by atoms with Crippen LogP contribution in [0.1, 0.15) is 226 Å². The van der Waals surface area contributed by atoms with Crippen LogP contribution in [0.15, 0.2) is 85.1 Å². The van der Waals surface area contributed by atoms with Crippen molar-refractivity contribution in [3.05, 3.63) is 85.1 Å². The lowest BCUT2D eigenvalue weighted by Crippen LogP contribution is -2.46. The predicted octanol–water partition coefficient (Wildman–Crippen LogP) is 15.2. The Morgan fingerprint density at radius 3 is 1.49 bits per heavy atom. The Balaban J connectivity index is 4.61. The van der Waals surface area contributed by atoms with Gasteiger partial charge in [-0.15, -0.1) is 0 Å². The molecule has 3 atom stereocenters. The molecule has 0 aromatic carbocycles. The molecule has 0 aromatic rings. The molecule has 0 fully saturated rings. The highest BCUT2D eigenvalue weighted by atomic mass is 16.5. The van der Waals surface area contributed by atoms with Crippen LogP contribution in [0.25, 0.3) is 0 Å². The van der Waals surface area contributed by atoms with Crippen LogP contribution >= 0.6 is 0 Å². The van der Waals surface area contributed by atoms with Gasteiger partial charge in [0.05, 0.1) is 25.2 Å². The molecule has 3 unspecified atom stereocenters. The monoisotopic (exact) mass is 850 g/mol. The first kappa shape index (κ1) is 58.0. The normalized spacial score (nSPS) is 14.0. The van der Waals surface area contributed by atoms with E-state index >= 15 is 0 Å². The molecule has 0 bridgehead atoms. The minimum Gasteiger partial charge on any atom is -0.461 e. The van der Waals surface area contributed by atoms with E-state index in [9.17, 15) is 19.8 Å². The van der Waals surface area contributed by atoms with E-state index in [1.54, 1.807) is 0 Å². The quantitative estimate of drug-likeness (QED) is 0.0246. The van der Waals surface area contributed by atoms with Crippen LogP contribution in [-0.2, 0) is 14.3 Å². The largest absolute Gasteiger partial charge is 0.461 e. The molecule has 61 heavy (non-hydrogen) atoms. The number of nitrogens with one attached hydrogen (secondary N) is 1. The first-order chi connectivity index (χ1) is 30.0. The van der Waals surface area contributed by atoms with E-state index in [-0.39, 0.29) is 24.9 Å². The number of hydrogen-bond donors (Lipinski definition) is 3. The fourth-order valence-corrected chi connectivity index (χ4v) is 7.25. The molecule has 0 saturated heterocycles. The maximum atomic E-state index is 13.1. The van der Waals surface area contributed by atoms with E-state index in [0.717, 1.165) is 51.4 Å². The average molecular weight is 850 g/mol. The first-order valence-electron chi connectivity index (χ1n) is 25.4. The van der Waals surface area contributed by atoms with Crippen molar-refractivity contribution in [2.75, 3.05) is 6.61 Å². The molecule has 6 nitrogen and oxygen atoms in total. The number of aliphatic hydroxyl groups is 2. The van der Waals surface area contributed by atoms with Crippen LogP contribution < -0.4 is 5.32 Å². The summed E-state index contributed by atoms with van der Waals surface area (Å²) in [4.78, 5) is 26.0. The van der Waals surface area contributed by atoms with Gasteiger partial charge in [-0.1, -0.05) is 241 Å². The van der Waals surface area contributed by atoms with Gasteiger partial charge in [0.15, 0.2) is 0 Å². The van der Waals surface area contributed by atoms with Crippen LogP contribution in [-0.4, -0.2) is 46.9 Å². The zero-order valence-electron chi connectivity index (χ0n) is 39.8. The average Bonchev–Trinajstić information content (AvgIpc) is 3.25. The summed E-state index contributed by atoms with van der Waals surface area (Å²) >= 11 is 0. The highest BCUT2D eigenvalue weighted by Crippen LogP contribution is 2.16. The lowest BCUT2D eigenvalue weighted by Gasteiger charge is -2.24. The van der Waals surface area contributed by atoms with Crippen molar-refractivity contribution >= 4 is 11.9 Å². The molecule has 350 valence electrons. The van der Waals surface area contributed by atoms with Crippen molar-refractivity contribution in [2.45, 2.75) is 244 Å². The zero-order valence-corrected chi connectivity index (χ0v) is 39.8. The van der Waals surface area contributed by atoms with E-state index in [2.05, 4.69) is 56.5 Å². The van der Waals surface area contributed by atoms with Gasteiger partial charge in [0.1, 0.15) is 6.10 Å². The van der Waals surface area contributed by atoms with Crippen molar-refractivity contribution in [3.8, 4) is 0 Å². The summed E-state index contributed by atoms with van der Waals surface area (Å²) in [6.45, 7) is 6.26. The first-order valence-corrected chi connectivity index (χ1v) is 25.4. The fraction of sp³-hybridized carbons (Fsp3) is 0.709. The third-order valence-corrected chi connectivity index (χ3v) is 11.1. The Morgan fingerprint density at radius 1 is 0.525 bits per heavy atom. The maximum Gasteiger partial charge on any atom is 0.306 e. The van der Waals surface area contributed by atoms with E-state index < -0.39 is 18.2 Å². The highest BCUT2D eigenvalue weighted by Gasteiger charge is 2.23. The molecule has 0 radical (unpaired) electrons. The molecule has 0 aliphatic carbocycles. The maximum absolute atomic E-state index is 13.1. The van der Waals surface area contributed by atoms with E-state index in [4.69, 9.17) is 4.74 Å². The highest BCUT2D eigenvalue weighted by molar-refractivity contribution is 5.77. The topological polar surface area (TPSA) is 95.9 Å². The molecule has 0 heterocycles. The summed E-state index contributed by atoms with van der Waals surface area (Å²) in [6, 6.07) is -0.743. The smallest absolute Gasteiger partial charge is 0.306 e. The van der Waals surface area contributed by atoms with Crippen molar-refractivity contribution in [1.29, 1.82) is 0 Å². The summed E-state index contributed by atoms with van der Waals surface area (Å²) < 4.78 is 5.84. The molecule has 6 heteroatoms. The van der Waals surface area contributed by atoms with Crippen molar-refractivity contribution in [1.82, 2.24) is 5.32 Å². The third kappa shape index (κ3) is 43.5. The van der Waals surface area contributed by atoms with Crippen LogP contribution in [0.3, 0.4) is 0 Å². The number of amides is 1.